The fraction of sp³-hybridized carbons (Fsp3) is 0.312. The molecule has 0 atom stereocenters. The second kappa shape index (κ2) is 6.11. The average molecular weight is 299 g/mol. The van der Waals surface area contributed by atoms with Crippen LogP contribution >= 0.6 is 0 Å². The quantitative estimate of drug-likeness (QED) is 0.848. The van der Waals surface area contributed by atoms with E-state index in [1.54, 1.807) is 12.0 Å². The highest BCUT2D eigenvalue weighted by Crippen LogP contribution is 2.28. The molecule has 6 nitrogen and oxygen atoms in total. The number of benzene rings is 1. The summed E-state index contributed by atoms with van der Waals surface area (Å²) in [5.41, 5.74) is 2.11. The Morgan fingerprint density at radius 3 is 2.91 bits per heavy atom. The number of hydrogen-bond donors (Lipinski definition) is 0. The Kier molecular flexibility index (Phi) is 4.02. The summed E-state index contributed by atoms with van der Waals surface area (Å²) in [6.07, 6.45) is 0.839. The Hall–Kier alpha value is -2.47. The minimum Gasteiger partial charge on any atom is -0.383 e. The summed E-state index contributed by atoms with van der Waals surface area (Å²) in [7, 11) is 1.56. The van der Waals surface area contributed by atoms with Gasteiger partial charge in [0.2, 0.25) is 0 Å². The normalized spacial score (nSPS) is 13.2. The van der Waals surface area contributed by atoms with Crippen molar-refractivity contribution in [1.82, 2.24) is 9.78 Å². The van der Waals surface area contributed by atoms with E-state index in [-0.39, 0.29) is 17.2 Å². The Morgan fingerprint density at radius 1 is 1.27 bits per heavy atom. The number of amides is 1. The van der Waals surface area contributed by atoms with Gasteiger partial charge in [0.05, 0.1) is 13.2 Å². The van der Waals surface area contributed by atoms with Gasteiger partial charge < -0.3 is 9.64 Å². The van der Waals surface area contributed by atoms with Crippen molar-refractivity contribution in [3.63, 3.8) is 0 Å². The first-order chi connectivity index (χ1) is 10.7. The van der Waals surface area contributed by atoms with Gasteiger partial charge in [-0.3, -0.25) is 9.59 Å². The number of methoxy groups -OCH3 is 1. The lowest BCUT2D eigenvalue weighted by molar-refractivity contribution is 0.0981. The highest BCUT2D eigenvalue weighted by Gasteiger charge is 2.26. The lowest BCUT2D eigenvalue weighted by Gasteiger charge is -2.17. The number of ether oxygens (including phenoxy) is 1. The number of aromatic nitrogens is 2. The first-order valence-electron chi connectivity index (χ1n) is 7.17. The van der Waals surface area contributed by atoms with Crippen molar-refractivity contribution >= 4 is 11.6 Å². The highest BCUT2D eigenvalue weighted by molar-refractivity contribution is 6.05. The van der Waals surface area contributed by atoms with Crippen molar-refractivity contribution in [2.45, 2.75) is 13.0 Å². The molecule has 1 aliphatic rings. The molecule has 0 bridgehead atoms. The number of para-hydroxylation sites is 1. The number of hydrogen-bond acceptors (Lipinski definition) is 4. The third kappa shape index (κ3) is 2.65. The minimum absolute atomic E-state index is 0.184. The van der Waals surface area contributed by atoms with E-state index in [2.05, 4.69) is 5.10 Å². The molecular weight excluding hydrogens is 282 g/mol. The predicted octanol–water partition coefficient (Wildman–Crippen LogP) is 1.09. The largest absolute Gasteiger partial charge is 0.383 e. The summed E-state index contributed by atoms with van der Waals surface area (Å²) in [5, 5.41) is 4.16. The summed E-state index contributed by atoms with van der Waals surface area (Å²) in [5.74, 6) is -0.184. The first-order valence-corrected chi connectivity index (χ1v) is 7.17. The van der Waals surface area contributed by atoms with Gasteiger partial charge in [-0.15, -0.1) is 0 Å². The molecule has 6 heteroatoms. The van der Waals surface area contributed by atoms with Crippen LogP contribution in [0, 0.1) is 0 Å². The molecule has 22 heavy (non-hydrogen) atoms. The minimum atomic E-state index is -0.240. The molecular formula is C16H17N3O3. The fourth-order valence-electron chi connectivity index (χ4n) is 2.59. The van der Waals surface area contributed by atoms with Crippen molar-refractivity contribution in [2.75, 3.05) is 25.2 Å². The predicted molar refractivity (Wildman–Crippen MR) is 82.2 cm³/mol. The molecule has 1 aromatic heterocycles. The van der Waals surface area contributed by atoms with Crippen LogP contribution in [0.3, 0.4) is 0 Å². The summed E-state index contributed by atoms with van der Waals surface area (Å²) < 4.78 is 6.21. The number of carbonyl (C=O) groups excluding carboxylic acids is 1. The Bertz CT molecular complexity index is 754. The van der Waals surface area contributed by atoms with E-state index in [1.807, 2.05) is 24.3 Å². The van der Waals surface area contributed by atoms with Crippen LogP contribution < -0.4 is 10.5 Å². The van der Waals surface area contributed by atoms with Crippen molar-refractivity contribution in [3.05, 3.63) is 58.0 Å². The van der Waals surface area contributed by atoms with Crippen LogP contribution in [0.25, 0.3) is 0 Å². The van der Waals surface area contributed by atoms with E-state index in [1.165, 1.54) is 16.8 Å². The molecule has 0 aliphatic carbocycles. The maximum Gasteiger partial charge on any atom is 0.278 e. The van der Waals surface area contributed by atoms with E-state index in [4.69, 9.17) is 4.74 Å². The Labute approximate surface area is 127 Å². The van der Waals surface area contributed by atoms with Gasteiger partial charge in [-0.1, -0.05) is 18.2 Å². The molecule has 0 saturated heterocycles. The molecule has 0 unspecified atom stereocenters. The molecule has 1 aliphatic heterocycles. The van der Waals surface area contributed by atoms with Crippen LogP contribution in [0.2, 0.25) is 0 Å². The third-order valence-corrected chi connectivity index (χ3v) is 3.73. The van der Waals surface area contributed by atoms with Crippen LogP contribution in [0.15, 0.2) is 41.2 Å². The molecule has 1 amide bonds. The highest BCUT2D eigenvalue weighted by atomic mass is 16.5. The summed E-state index contributed by atoms with van der Waals surface area (Å²) in [4.78, 5) is 26.1. The lowest BCUT2D eigenvalue weighted by Crippen LogP contribution is -2.33. The van der Waals surface area contributed by atoms with Crippen molar-refractivity contribution in [1.29, 1.82) is 0 Å². The van der Waals surface area contributed by atoms with Crippen LogP contribution in [0.4, 0.5) is 5.69 Å². The standard InChI is InChI=1S/C16H17N3O3/c1-22-11-10-19-15(20)7-6-13(17-19)16(21)18-9-8-12-4-2-3-5-14(12)18/h2-7H,8-11H2,1H3. The molecule has 3 rings (SSSR count). The topological polar surface area (TPSA) is 64.4 Å². The van der Waals surface area contributed by atoms with Gasteiger partial charge in [0.15, 0.2) is 0 Å². The zero-order valence-electron chi connectivity index (χ0n) is 12.4. The number of fused-ring (bicyclic) bond motifs is 1. The molecule has 0 radical (unpaired) electrons. The van der Waals surface area contributed by atoms with Crippen LogP contribution in [0.5, 0.6) is 0 Å². The average Bonchev–Trinajstić information content (AvgIpc) is 2.97. The molecule has 0 fully saturated rings. The number of nitrogens with zero attached hydrogens (tertiary/aromatic N) is 3. The number of carbonyl (C=O) groups is 1. The second-order valence-electron chi connectivity index (χ2n) is 5.11. The van der Waals surface area contributed by atoms with E-state index < -0.39 is 0 Å². The van der Waals surface area contributed by atoms with E-state index >= 15 is 0 Å². The molecule has 0 saturated carbocycles. The Morgan fingerprint density at radius 2 is 2.09 bits per heavy atom. The van der Waals surface area contributed by atoms with Gasteiger partial charge in [0.1, 0.15) is 5.69 Å². The van der Waals surface area contributed by atoms with Crippen LogP contribution in [-0.2, 0) is 17.7 Å². The molecule has 0 spiro atoms. The van der Waals surface area contributed by atoms with Gasteiger partial charge in [0.25, 0.3) is 11.5 Å². The second-order valence-corrected chi connectivity index (χ2v) is 5.11. The first kappa shape index (κ1) is 14.5. The summed E-state index contributed by atoms with van der Waals surface area (Å²) in [6, 6.07) is 10.7. The molecule has 2 aromatic rings. The van der Waals surface area contributed by atoms with Crippen LogP contribution in [0.1, 0.15) is 16.1 Å². The van der Waals surface area contributed by atoms with Gasteiger partial charge in [-0.2, -0.15) is 5.10 Å². The van der Waals surface area contributed by atoms with Crippen LogP contribution in [-0.4, -0.2) is 35.9 Å². The number of rotatable bonds is 4. The zero-order valence-corrected chi connectivity index (χ0v) is 12.4. The third-order valence-electron chi connectivity index (χ3n) is 3.73. The zero-order chi connectivity index (χ0) is 15.5. The van der Waals surface area contributed by atoms with E-state index in [9.17, 15) is 9.59 Å². The molecule has 114 valence electrons. The van der Waals surface area contributed by atoms with Gasteiger partial charge >= 0.3 is 0 Å². The van der Waals surface area contributed by atoms with Gasteiger partial charge in [-0.05, 0) is 24.1 Å². The van der Waals surface area contributed by atoms with Gasteiger partial charge in [-0.25, -0.2) is 4.68 Å². The monoisotopic (exact) mass is 299 g/mol. The molecule has 0 N–H and O–H groups in total. The summed E-state index contributed by atoms with van der Waals surface area (Å²) in [6.45, 7) is 1.33. The van der Waals surface area contributed by atoms with E-state index in [0.717, 1.165) is 17.7 Å². The van der Waals surface area contributed by atoms with Crippen molar-refractivity contribution < 1.29 is 9.53 Å². The van der Waals surface area contributed by atoms with E-state index in [0.29, 0.717) is 19.7 Å². The maximum absolute atomic E-state index is 12.7. The van der Waals surface area contributed by atoms with Gasteiger partial charge in [0, 0.05) is 25.4 Å². The lowest BCUT2D eigenvalue weighted by atomic mass is 10.2. The van der Waals surface area contributed by atoms with Crippen molar-refractivity contribution in [2.24, 2.45) is 0 Å². The fourth-order valence-corrected chi connectivity index (χ4v) is 2.59. The maximum atomic E-state index is 12.7. The summed E-state index contributed by atoms with van der Waals surface area (Å²) >= 11 is 0. The number of anilines is 1. The molecule has 2 heterocycles. The van der Waals surface area contributed by atoms with Crippen molar-refractivity contribution in [3.8, 4) is 0 Å². The SMILES string of the molecule is COCCn1nc(C(=O)N2CCc3ccccc32)ccc1=O. The smallest absolute Gasteiger partial charge is 0.278 e. The Balaban J connectivity index is 1.89. The molecule has 1 aromatic carbocycles.